The second kappa shape index (κ2) is 3.75. The molecule has 1 atom stereocenters. The molecule has 0 saturated carbocycles. The van der Waals surface area contributed by atoms with Gasteiger partial charge in [-0.3, -0.25) is 0 Å². The Morgan fingerprint density at radius 3 is 2.12 bits per heavy atom. The number of rotatable bonds is 3. The van der Waals surface area contributed by atoms with E-state index in [-0.39, 0.29) is 6.42 Å². The van der Waals surface area contributed by atoms with Gasteiger partial charge in [-0.2, -0.15) is 8.78 Å². The third-order valence-electron chi connectivity index (χ3n) is 0.819. The van der Waals surface area contributed by atoms with Crippen LogP contribution in [0.5, 0.6) is 0 Å². The van der Waals surface area contributed by atoms with Gasteiger partial charge in [0.2, 0.25) is 0 Å². The van der Waals surface area contributed by atoms with E-state index in [4.69, 9.17) is 0 Å². The highest BCUT2D eigenvalue weighted by molar-refractivity contribution is 4.65. The average molecular weight is 125 g/mol. The lowest BCUT2D eigenvalue weighted by atomic mass is 10.2. The lowest BCUT2D eigenvalue weighted by Gasteiger charge is -1.99. The first-order chi connectivity index (χ1) is 3.66. The molecule has 0 saturated heterocycles. The Bertz CT molecular complexity index is 53.6. The van der Waals surface area contributed by atoms with Gasteiger partial charge >= 0.3 is 6.43 Å². The summed E-state index contributed by atoms with van der Waals surface area (Å²) in [5.74, 6) is 0. The summed E-state index contributed by atoms with van der Waals surface area (Å²) < 4.78 is 34.2. The molecule has 0 heterocycles. The van der Waals surface area contributed by atoms with Crippen LogP contribution >= 0.6 is 0 Å². The first-order valence-corrected chi connectivity index (χ1v) is 2.47. The second-order valence-corrected chi connectivity index (χ2v) is 1.55. The van der Waals surface area contributed by atoms with E-state index in [1.165, 1.54) is 6.92 Å². The van der Waals surface area contributed by atoms with Crippen LogP contribution in [0.15, 0.2) is 0 Å². The van der Waals surface area contributed by atoms with Crippen molar-refractivity contribution >= 4 is 0 Å². The predicted octanol–water partition coefficient (Wildman–Crippen LogP) is 2.55. The minimum absolute atomic E-state index is 0.164. The highest BCUT2D eigenvalue weighted by atomic mass is 19.3. The molecule has 0 aliphatic heterocycles. The monoisotopic (exact) mass is 125 g/mol. The number of halogens is 3. The van der Waals surface area contributed by atoms with Gasteiger partial charge in [0.05, 0.1) is 0 Å². The van der Waals surface area contributed by atoms with Gasteiger partial charge in [0.1, 0.15) is 6.17 Å². The van der Waals surface area contributed by atoms with Crippen molar-refractivity contribution in [2.45, 2.75) is 25.9 Å². The number of alkyl halides is 1. The van der Waals surface area contributed by atoms with Crippen molar-refractivity contribution in [2.24, 2.45) is 0 Å². The Morgan fingerprint density at radius 1 is 1.50 bits per heavy atom. The molecule has 0 bridgehead atoms. The normalized spacial score (nSPS) is 14.6. The summed E-state index contributed by atoms with van der Waals surface area (Å²) >= 11 is 0. The van der Waals surface area contributed by atoms with Gasteiger partial charge in [-0.25, -0.2) is 4.39 Å². The fourth-order valence-corrected chi connectivity index (χ4v) is 0.312. The smallest absolute Gasteiger partial charge is 0.247 e. The van der Waals surface area contributed by atoms with Gasteiger partial charge < -0.3 is 0 Å². The molecule has 0 spiro atoms. The molecule has 49 valence electrons. The Labute approximate surface area is 46.7 Å². The van der Waals surface area contributed by atoms with Crippen molar-refractivity contribution in [1.82, 2.24) is 0 Å². The molecule has 1 unspecified atom stereocenters. The molecule has 8 heavy (non-hydrogen) atoms. The van der Waals surface area contributed by atoms with Crippen LogP contribution in [-0.4, -0.2) is 6.17 Å². The third-order valence-corrected chi connectivity index (χ3v) is 0.819. The molecule has 0 nitrogen and oxygen atoms in total. The summed E-state index contributed by atoms with van der Waals surface area (Å²) in [6, 6.07) is 0. The van der Waals surface area contributed by atoms with E-state index in [1.54, 1.807) is 0 Å². The first kappa shape index (κ1) is 7.79. The third kappa shape index (κ3) is 3.96. The minimum Gasteiger partial charge on any atom is -0.247 e. The largest absolute Gasteiger partial charge is 0.313 e. The summed E-state index contributed by atoms with van der Waals surface area (Å²) in [5, 5.41) is 0. The summed E-state index contributed by atoms with van der Waals surface area (Å²) in [7, 11) is 0. The zero-order valence-corrected chi connectivity index (χ0v) is 4.63. The molecule has 3 heteroatoms. The van der Waals surface area contributed by atoms with E-state index in [2.05, 4.69) is 0 Å². The quantitative estimate of drug-likeness (QED) is 0.543. The molecule has 1 radical (unpaired) electrons. The molecule has 0 aromatic carbocycles. The lowest BCUT2D eigenvalue weighted by Crippen LogP contribution is -1.98. The van der Waals surface area contributed by atoms with Crippen molar-refractivity contribution in [1.29, 1.82) is 0 Å². The van der Waals surface area contributed by atoms with E-state index in [9.17, 15) is 13.2 Å². The van der Waals surface area contributed by atoms with Crippen LogP contribution in [0.4, 0.5) is 13.2 Å². The fourth-order valence-electron chi connectivity index (χ4n) is 0.312. The maximum absolute atomic E-state index is 11.9. The van der Waals surface area contributed by atoms with Crippen molar-refractivity contribution in [2.75, 3.05) is 0 Å². The molecule has 0 amide bonds. The standard InChI is InChI=1S/C5H8F3/c1-2-4(6)3-5(7)8/h4H,2-3H2,1H3. The van der Waals surface area contributed by atoms with Crippen LogP contribution in [0, 0.1) is 6.43 Å². The van der Waals surface area contributed by atoms with Crippen molar-refractivity contribution < 1.29 is 13.2 Å². The Morgan fingerprint density at radius 2 is 2.00 bits per heavy atom. The topological polar surface area (TPSA) is 0 Å². The maximum atomic E-state index is 11.9. The Hall–Kier alpha value is -0.210. The SMILES string of the molecule is CCC(F)C[C](F)F. The van der Waals surface area contributed by atoms with Crippen LogP contribution in [0.25, 0.3) is 0 Å². The fraction of sp³-hybridized carbons (Fsp3) is 0.800. The Kier molecular flexibility index (Phi) is 3.65. The van der Waals surface area contributed by atoms with E-state index in [0.717, 1.165) is 0 Å². The lowest BCUT2D eigenvalue weighted by molar-refractivity contribution is 0.201. The molecular weight excluding hydrogens is 117 g/mol. The highest BCUT2D eigenvalue weighted by Crippen LogP contribution is 2.15. The van der Waals surface area contributed by atoms with E-state index in [0.29, 0.717) is 0 Å². The van der Waals surface area contributed by atoms with Crippen molar-refractivity contribution in [3.63, 3.8) is 0 Å². The maximum Gasteiger partial charge on any atom is 0.313 e. The van der Waals surface area contributed by atoms with Crippen molar-refractivity contribution in [3.05, 3.63) is 6.43 Å². The van der Waals surface area contributed by atoms with Gasteiger partial charge in [-0.05, 0) is 6.42 Å². The summed E-state index contributed by atoms with van der Waals surface area (Å²) in [5.41, 5.74) is 0. The summed E-state index contributed by atoms with van der Waals surface area (Å²) in [4.78, 5) is 0. The van der Waals surface area contributed by atoms with Gasteiger partial charge in [0.25, 0.3) is 0 Å². The molecule has 0 aliphatic carbocycles. The molecule has 0 aliphatic rings. The van der Waals surface area contributed by atoms with Crippen LogP contribution < -0.4 is 0 Å². The van der Waals surface area contributed by atoms with Crippen LogP contribution in [0.2, 0.25) is 0 Å². The van der Waals surface area contributed by atoms with Crippen molar-refractivity contribution in [3.8, 4) is 0 Å². The average Bonchev–Trinajstić information content (AvgIpc) is 1.65. The second-order valence-electron chi connectivity index (χ2n) is 1.55. The number of hydrogen-bond acceptors (Lipinski definition) is 0. The zero-order valence-electron chi connectivity index (χ0n) is 4.63. The predicted molar refractivity (Wildman–Crippen MR) is 25.3 cm³/mol. The number of hydrogen-bond donors (Lipinski definition) is 0. The molecule has 0 fully saturated rings. The minimum atomic E-state index is -1.82. The van der Waals surface area contributed by atoms with Gasteiger partial charge in [-0.15, -0.1) is 0 Å². The molecule has 0 N–H and O–H groups in total. The van der Waals surface area contributed by atoms with Crippen LogP contribution in [-0.2, 0) is 0 Å². The summed E-state index contributed by atoms with van der Waals surface area (Å²) in [6.45, 7) is 1.54. The zero-order chi connectivity index (χ0) is 6.57. The van der Waals surface area contributed by atoms with Gasteiger partial charge in [0, 0.05) is 6.42 Å². The molecule has 0 rings (SSSR count). The van der Waals surface area contributed by atoms with Crippen LogP contribution in [0.3, 0.4) is 0 Å². The van der Waals surface area contributed by atoms with E-state index >= 15 is 0 Å². The van der Waals surface area contributed by atoms with Gasteiger partial charge in [-0.1, -0.05) is 6.92 Å². The molecule has 0 aromatic rings. The molecule has 0 aromatic heterocycles. The van der Waals surface area contributed by atoms with Crippen LogP contribution in [0.1, 0.15) is 19.8 Å². The first-order valence-electron chi connectivity index (χ1n) is 2.47. The Balaban J connectivity index is 3.10. The van der Waals surface area contributed by atoms with E-state index in [1.807, 2.05) is 0 Å². The van der Waals surface area contributed by atoms with E-state index < -0.39 is 19.0 Å². The summed E-state index contributed by atoms with van der Waals surface area (Å²) in [6.07, 6.45) is -3.72. The highest BCUT2D eigenvalue weighted by Gasteiger charge is 2.12. The molecular formula is C5H8F3. The van der Waals surface area contributed by atoms with Gasteiger partial charge in [0.15, 0.2) is 0 Å².